The van der Waals surface area contributed by atoms with E-state index in [0.717, 1.165) is 6.07 Å². The molecule has 11 heteroatoms. The lowest BCUT2D eigenvalue weighted by atomic mass is 9.97. The molecule has 0 saturated carbocycles. The van der Waals surface area contributed by atoms with Crippen LogP contribution in [0.3, 0.4) is 0 Å². The third kappa shape index (κ3) is 5.98. The number of hydrogen-bond donors (Lipinski definition) is 1. The van der Waals surface area contributed by atoms with Crippen molar-refractivity contribution >= 4 is 46.4 Å². The molecule has 1 aromatic carbocycles. The summed E-state index contributed by atoms with van der Waals surface area (Å²) in [6.07, 6.45) is -3.95. The highest BCUT2D eigenvalue weighted by molar-refractivity contribution is 7.12. The van der Waals surface area contributed by atoms with Crippen LogP contribution in [0.2, 0.25) is 5.02 Å². The number of likely N-dealkylation sites (tertiary alicyclic amines) is 1. The number of rotatable bonds is 5. The molecule has 1 aromatic heterocycles. The number of alkyl halides is 3. The van der Waals surface area contributed by atoms with Crippen molar-refractivity contribution in [1.29, 1.82) is 0 Å². The van der Waals surface area contributed by atoms with Crippen LogP contribution in [0.25, 0.3) is 0 Å². The van der Waals surface area contributed by atoms with Crippen molar-refractivity contribution in [3.05, 3.63) is 51.2 Å². The maximum Gasteiger partial charge on any atom is 0.418 e. The first-order chi connectivity index (χ1) is 14.6. The molecular weight excluding hydrogens is 457 g/mol. The van der Waals surface area contributed by atoms with E-state index >= 15 is 0 Å². The summed E-state index contributed by atoms with van der Waals surface area (Å²) in [6, 6.07) is 6.47. The van der Waals surface area contributed by atoms with Gasteiger partial charge in [-0.2, -0.15) is 13.2 Å². The van der Waals surface area contributed by atoms with Crippen LogP contribution in [0.5, 0.6) is 0 Å². The lowest BCUT2D eigenvalue weighted by Gasteiger charge is -2.30. The van der Waals surface area contributed by atoms with Gasteiger partial charge in [-0.15, -0.1) is 11.3 Å². The molecule has 6 nitrogen and oxygen atoms in total. The van der Waals surface area contributed by atoms with Crippen molar-refractivity contribution < 1.29 is 32.3 Å². The van der Waals surface area contributed by atoms with E-state index in [0.29, 0.717) is 36.9 Å². The van der Waals surface area contributed by atoms with Crippen molar-refractivity contribution in [2.24, 2.45) is 5.92 Å². The van der Waals surface area contributed by atoms with Crippen molar-refractivity contribution in [3.63, 3.8) is 0 Å². The Morgan fingerprint density at radius 2 is 1.90 bits per heavy atom. The molecule has 0 atom stereocenters. The minimum absolute atomic E-state index is 0.0929. The lowest BCUT2D eigenvalue weighted by Crippen LogP contribution is -2.40. The van der Waals surface area contributed by atoms with Crippen LogP contribution in [0, 0.1) is 5.92 Å². The molecule has 1 fully saturated rings. The Labute approximate surface area is 184 Å². The van der Waals surface area contributed by atoms with Gasteiger partial charge in [0.25, 0.3) is 11.8 Å². The average Bonchev–Trinajstić information content (AvgIpc) is 3.27. The lowest BCUT2D eigenvalue weighted by molar-refractivity contribution is -0.153. The summed E-state index contributed by atoms with van der Waals surface area (Å²) in [6.45, 7) is 0.0396. The predicted octanol–water partition coefficient (Wildman–Crippen LogP) is 4.45. The zero-order chi connectivity index (χ0) is 22.6. The van der Waals surface area contributed by atoms with Gasteiger partial charge in [-0.25, -0.2) is 0 Å². The number of anilines is 1. The van der Waals surface area contributed by atoms with Gasteiger partial charge in [-0.1, -0.05) is 17.7 Å². The van der Waals surface area contributed by atoms with Gasteiger partial charge < -0.3 is 15.0 Å². The number of hydrogen-bond acceptors (Lipinski definition) is 5. The van der Waals surface area contributed by atoms with Gasteiger partial charge in [0.1, 0.15) is 0 Å². The molecule has 0 spiro atoms. The van der Waals surface area contributed by atoms with Crippen molar-refractivity contribution in [2.45, 2.75) is 19.0 Å². The summed E-state index contributed by atoms with van der Waals surface area (Å²) in [5.74, 6) is -2.09. The SMILES string of the molecule is O=C(COC(=O)C1CCN(C(=O)c2cccs2)CC1)Nc1ccc(Cl)cc1C(F)(F)F. The van der Waals surface area contributed by atoms with E-state index in [9.17, 15) is 27.6 Å². The maximum absolute atomic E-state index is 13.1. The Morgan fingerprint density at radius 3 is 2.52 bits per heavy atom. The van der Waals surface area contributed by atoms with Crippen molar-refractivity contribution in [1.82, 2.24) is 4.90 Å². The Morgan fingerprint density at radius 1 is 1.19 bits per heavy atom. The van der Waals surface area contributed by atoms with E-state index in [1.165, 1.54) is 17.4 Å². The highest BCUT2D eigenvalue weighted by atomic mass is 35.5. The van der Waals surface area contributed by atoms with Crippen LogP contribution in [0.4, 0.5) is 18.9 Å². The number of ether oxygens (including phenoxy) is 1. The second-order valence-electron chi connectivity index (χ2n) is 6.89. The molecule has 0 radical (unpaired) electrons. The van der Waals surface area contributed by atoms with Crippen molar-refractivity contribution in [3.8, 4) is 0 Å². The zero-order valence-corrected chi connectivity index (χ0v) is 17.6. The number of piperidine rings is 1. The smallest absolute Gasteiger partial charge is 0.418 e. The van der Waals surface area contributed by atoms with Crippen LogP contribution < -0.4 is 5.32 Å². The van der Waals surface area contributed by atoms with Crippen LogP contribution >= 0.6 is 22.9 Å². The van der Waals surface area contributed by atoms with Gasteiger partial charge in [0.05, 0.1) is 22.0 Å². The molecule has 1 saturated heterocycles. The first-order valence-corrected chi connectivity index (χ1v) is 10.6. The first-order valence-electron chi connectivity index (χ1n) is 9.31. The number of nitrogens with zero attached hydrogens (tertiary/aromatic N) is 1. The van der Waals surface area contributed by atoms with E-state index in [1.54, 1.807) is 17.0 Å². The maximum atomic E-state index is 13.1. The summed E-state index contributed by atoms with van der Waals surface area (Å²) in [4.78, 5) is 38.8. The molecule has 2 amide bonds. The number of halogens is 4. The fourth-order valence-corrected chi connectivity index (χ4v) is 4.04. The summed E-state index contributed by atoms with van der Waals surface area (Å²) < 4.78 is 44.2. The molecule has 1 aliphatic heterocycles. The van der Waals surface area contributed by atoms with Gasteiger partial charge in [-0.05, 0) is 42.5 Å². The monoisotopic (exact) mass is 474 g/mol. The third-order valence-electron chi connectivity index (χ3n) is 4.75. The molecule has 166 valence electrons. The normalized spacial score (nSPS) is 14.9. The molecule has 1 N–H and O–H groups in total. The number of carbonyl (C=O) groups is 3. The van der Waals surface area contributed by atoms with Gasteiger partial charge in [0.15, 0.2) is 6.61 Å². The second kappa shape index (κ2) is 9.69. The molecule has 2 heterocycles. The number of esters is 1. The third-order valence-corrected chi connectivity index (χ3v) is 5.85. The summed E-state index contributed by atoms with van der Waals surface area (Å²) in [7, 11) is 0. The molecule has 2 aromatic rings. The fourth-order valence-electron chi connectivity index (χ4n) is 3.18. The molecule has 1 aliphatic rings. The van der Waals surface area contributed by atoms with E-state index in [-0.39, 0.29) is 10.9 Å². The largest absolute Gasteiger partial charge is 0.455 e. The van der Waals surface area contributed by atoms with E-state index in [1.807, 2.05) is 5.38 Å². The quantitative estimate of drug-likeness (QED) is 0.649. The molecule has 31 heavy (non-hydrogen) atoms. The van der Waals surface area contributed by atoms with E-state index in [2.05, 4.69) is 5.32 Å². The topological polar surface area (TPSA) is 75.7 Å². The Balaban J connectivity index is 1.48. The van der Waals surface area contributed by atoms with Crippen molar-refractivity contribution in [2.75, 3.05) is 25.0 Å². The van der Waals surface area contributed by atoms with Gasteiger partial charge in [0, 0.05) is 18.1 Å². The Kier molecular flexibility index (Phi) is 7.22. The number of carbonyl (C=O) groups excluding carboxylic acids is 3. The highest BCUT2D eigenvalue weighted by Gasteiger charge is 2.34. The number of benzene rings is 1. The highest BCUT2D eigenvalue weighted by Crippen LogP contribution is 2.36. The Hall–Kier alpha value is -2.59. The van der Waals surface area contributed by atoms with E-state index < -0.39 is 41.8 Å². The molecular formula is C20H18ClF3N2O4S. The van der Waals surface area contributed by atoms with Gasteiger partial charge in [-0.3, -0.25) is 14.4 Å². The van der Waals surface area contributed by atoms with Crippen LogP contribution in [0.1, 0.15) is 28.1 Å². The molecule has 3 rings (SSSR count). The van der Waals surface area contributed by atoms with E-state index in [4.69, 9.17) is 16.3 Å². The second-order valence-corrected chi connectivity index (χ2v) is 8.27. The number of amides is 2. The van der Waals surface area contributed by atoms with Crippen LogP contribution in [0.15, 0.2) is 35.7 Å². The first kappa shape index (κ1) is 23.1. The van der Waals surface area contributed by atoms with Crippen LogP contribution in [-0.4, -0.2) is 42.4 Å². The molecule has 0 aliphatic carbocycles. The standard InChI is InChI=1S/C20H18ClF3N2O4S/c21-13-3-4-15(14(10-13)20(22,23)24)25-17(27)11-30-19(29)12-5-7-26(8-6-12)18(28)16-2-1-9-31-16/h1-4,9-10,12H,5-8,11H2,(H,25,27). The molecule has 0 unspecified atom stereocenters. The summed E-state index contributed by atoms with van der Waals surface area (Å²) in [5.41, 5.74) is -1.57. The predicted molar refractivity (Wildman–Crippen MR) is 109 cm³/mol. The minimum atomic E-state index is -4.71. The zero-order valence-electron chi connectivity index (χ0n) is 16.1. The summed E-state index contributed by atoms with van der Waals surface area (Å²) in [5, 5.41) is 3.78. The van der Waals surface area contributed by atoms with Gasteiger partial charge >= 0.3 is 12.1 Å². The average molecular weight is 475 g/mol. The van der Waals surface area contributed by atoms with Crippen LogP contribution in [-0.2, 0) is 20.5 Å². The number of nitrogens with one attached hydrogen (secondary N) is 1. The molecule has 0 bridgehead atoms. The number of thiophene rings is 1. The fraction of sp³-hybridized carbons (Fsp3) is 0.350. The summed E-state index contributed by atoms with van der Waals surface area (Å²) >= 11 is 6.94. The van der Waals surface area contributed by atoms with Gasteiger partial charge in [0.2, 0.25) is 0 Å². The Bertz CT molecular complexity index is 958. The minimum Gasteiger partial charge on any atom is -0.455 e.